The molecule has 0 heterocycles. The van der Waals surface area contributed by atoms with Crippen molar-refractivity contribution in [1.29, 1.82) is 0 Å². The van der Waals surface area contributed by atoms with E-state index in [9.17, 15) is 4.79 Å². The van der Waals surface area contributed by atoms with Gasteiger partial charge in [0.25, 0.3) is 0 Å². The number of nitrogens with one attached hydrogen (secondary N) is 1. The number of aliphatic hydroxyl groups excluding tert-OH is 1. The van der Waals surface area contributed by atoms with Crippen molar-refractivity contribution >= 4 is 5.97 Å². The number of benzene rings is 1. The lowest BCUT2D eigenvalue weighted by Gasteiger charge is -2.14. The molecule has 1 aromatic rings. The number of esters is 1. The maximum absolute atomic E-state index is 11.4. The summed E-state index contributed by atoms with van der Waals surface area (Å²) in [5.41, 5.74) is 0.777. The molecule has 2 N–H and O–H groups in total. The van der Waals surface area contributed by atoms with E-state index in [0.29, 0.717) is 5.75 Å². The van der Waals surface area contributed by atoms with Crippen LogP contribution >= 0.6 is 0 Å². The summed E-state index contributed by atoms with van der Waals surface area (Å²) in [6, 6.07) is 6.34. The SMILES string of the molecule is CN[C@H](C(=O)OC)c1ccc(OCO)cc1. The highest BCUT2D eigenvalue weighted by Gasteiger charge is 2.18. The zero-order valence-electron chi connectivity index (χ0n) is 9.27. The molecule has 0 spiro atoms. The van der Waals surface area contributed by atoms with Crippen molar-refractivity contribution in [3.05, 3.63) is 29.8 Å². The van der Waals surface area contributed by atoms with Crippen LogP contribution in [-0.2, 0) is 9.53 Å². The minimum atomic E-state index is -0.492. The van der Waals surface area contributed by atoms with Crippen LogP contribution in [0.5, 0.6) is 5.75 Å². The molecule has 0 bridgehead atoms. The van der Waals surface area contributed by atoms with Gasteiger partial charge in [-0.25, -0.2) is 4.79 Å². The minimum absolute atomic E-state index is 0.349. The van der Waals surface area contributed by atoms with Gasteiger partial charge in [0.1, 0.15) is 11.8 Å². The maximum Gasteiger partial charge on any atom is 0.327 e. The molecule has 0 saturated heterocycles. The van der Waals surface area contributed by atoms with E-state index in [1.165, 1.54) is 7.11 Å². The van der Waals surface area contributed by atoms with Crippen LogP contribution < -0.4 is 10.1 Å². The molecule has 0 saturated carbocycles. The van der Waals surface area contributed by atoms with Gasteiger partial charge < -0.3 is 19.9 Å². The summed E-state index contributed by atoms with van der Waals surface area (Å²) in [6.07, 6.45) is 0. The van der Waals surface area contributed by atoms with E-state index in [1.54, 1.807) is 31.3 Å². The Hall–Kier alpha value is -1.59. The quantitative estimate of drug-likeness (QED) is 0.562. The van der Waals surface area contributed by atoms with E-state index in [2.05, 4.69) is 10.1 Å². The molecular weight excluding hydrogens is 210 g/mol. The molecule has 5 nitrogen and oxygen atoms in total. The molecule has 0 aromatic heterocycles. The molecule has 0 aliphatic rings. The molecule has 5 heteroatoms. The standard InChI is InChI=1S/C11H15NO4/c1-12-10(11(14)15-2)8-3-5-9(6-4-8)16-7-13/h3-6,10,12-13H,7H2,1-2H3/t10-/m0/s1. The lowest BCUT2D eigenvalue weighted by Crippen LogP contribution is -2.26. The molecule has 88 valence electrons. The fourth-order valence-electron chi connectivity index (χ4n) is 1.37. The number of carbonyl (C=O) groups is 1. The monoisotopic (exact) mass is 225 g/mol. The Labute approximate surface area is 94.0 Å². The van der Waals surface area contributed by atoms with Gasteiger partial charge in [-0.1, -0.05) is 12.1 Å². The van der Waals surface area contributed by atoms with Gasteiger partial charge in [0.05, 0.1) is 7.11 Å². The average Bonchev–Trinajstić information content (AvgIpc) is 2.32. The first kappa shape index (κ1) is 12.5. The predicted molar refractivity (Wildman–Crippen MR) is 58.0 cm³/mol. The fourth-order valence-corrected chi connectivity index (χ4v) is 1.37. The van der Waals surface area contributed by atoms with E-state index < -0.39 is 6.04 Å². The van der Waals surface area contributed by atoms with Crippen molar-refractivity contribution < 1.29 is 19.4 Å². The molecule has 0 radical (unpaired) electrons. The van der Waals surface area contributed by atoms with Crippen LogP contribution in [0.2, 0.25) is 0 Å². The minimum Gasteiger partial charge on any atom is -0.468 e. The molecule has 0 fully saturated rings. The second kappa shape index (κ2) is 6.09. The number of rotatable bonds is 5. The second-order valence-corrected chi connectivity index (χ2v) is 3.09. The molecule has 1 aromatic carbocycles. The van der Waals surface area contributed by atoms with Crippen molar-refractivity contribution in [3.63, 3.8) is 0 Å². The third-order valence-electron chi connectivity index (χ3n) is 2.17. The molecule has 16 heavy (non-hydrogen) atoms. The van der Waals surface area contributed by atoms with Gasteiger partial charge in [0.2, 0.25) is 0 Å². The highest BCUT2D eigenvalue weighted by Crippen LogP contribution is 2.18. The molecule has 0 unspecified atom stereocenters. The Morgan fingerprint density at radius 3 is 2.50 bits per heavy atom. The van der Waals surface area contributed by atoms with Crippen molar-refractivity contribution in [2.24, 2.45) is 0 Å². The predicted octanol–water partition coefficient (Wildman–Crippen LogP) is 0.449. The summed E-state index contributed by atoms with van der Waals surface area (Å²) in [7, 11) is 3.02. The molecule has 0 aliphatic carbocycles. The van der Waals surface area contributed by atoms with Gasteiger partial charge in [-0.05, 0) is 24.7 Å². The van der Waals surface area contributed by atoms with Crippen molar-refractivity contribution in [2.75, 3.05) is 21.0 Å². The summed E-state index contributed by atoms with van der Waals surface area (Å²) in [5, 5.41) is 11.4. The number of ether oxygens (including phenoxy) is 2. The topological polar surface area (TPSA) is 67.8 Å². The van der Waals surface area contributed by atoms with E-state index in [1.807, 2.05) is 0 Å². The first-order chi connectivity index (χ1) is 7.72. The van der Waals surface area contributed by atoms with E-state index in [4.69, 9.17) is 9.84 Å². The maximum atomic E-state index is 11.4. The van der Waals surface area contributed by atoms with Gasteiger partial charge in [0, 0.05) is 0 Å². The van der Waals surface area contributed by atoms with Crippen molar-refractivity contribution in [3.8, 4) is 5.75 Å². The van der Waals surface area contributed by atoms with E-state index >= 15 is 0 Å². The van der Waals surface area contributed by atoms with Gasteiger partial charge in [-0.15, -0.1) is 0 Å². The van der Waals surface area contributed by atoms with Crippen LogP contribution in [0.1, 0.15) is 11.6 Å². The molecule has 1 atom stereocenters. The van der Waals surface area contributed by atoms with Crippen molar-refractivity contribution in [2.45, 2.75) is 6.04 Å². The molecule has 0 aliphatic heterocycles. The first-order valence-electron chi connectivity index (χ1n) is 4.81. The van der Waals surface area contributed by atoms with Crippen LogP contribution in [0, 0.1) is 0 Å². The number of likely N-dealkylation sites (N-methyl/N-ethyl adjacent to an activating group) is 1. The third kappa shape index (κ3) is 2.95. The zero-order chi connectivity index (χ0) is 12.0. The summed E-state index contributed by atoms with van der Waals surface area (Å²) in [4.78, 5) is 11.4. The normalized spacial score (nSPS) is 11.9. The van der Waals surface area contributed by atoms with Gasteiger partial charge in [-0.3, -0.25) is 0 Å². The third-order valence-corrected chi connectivity index (χ3v) is 2.17. The molecule has 0 amide bonds. The Bertz CT molecular complexity index is 336. The van der Waals surface area contributed by atoms with Crippen LogP contribution in [0.3, 0.4) is 0 Å². The summed E-state index contributed by atoms with van der Waals surface area (Å²) in [6.45, 7) is -0.369. The van der Waals surface area contributed by atoms with Gasteiger partial charge in [0.15, 0.2) is 6.79 Å². The van der Waals surface area contributed by atoms with Crippen molar-refractivity contribution in [1.82, 2.24) is 5.32 Å². The van der Waals surface area contributed by atoms with Crippen LogP contribution in [-0.4, -0.2) is 32.0 Å². The first-order valence-corrected chi connectivity index (χ1v) is 4.81. The largest absolute Gasteiger partial charge is 0.468 e. The Morgan fingerprint density at radius 2 is 2.06 bits per heavy atom. The number of hydrogen-bond acceptors (Lipinski definition) is 5. The molecule has 1 rings (SSSR count). The summed E-state index contributed by atoms with van der Waals surface area (Å²) < 4.78 is 9.54. The van der Waals surface area contributed by atoms with E-state index in [0.717, 1.165) is 5.56 Å². The van der Waals surface area contributed by atoms with Crippen LogP contribution in [0.25, 0.3) is 0 Å². The van der Waals surface area contributed by atoms with E-state index in [-0.39, 0.29) is 12.8 Å². The number of methoxy groups -OCH3 is 1. The van der Waals surface area contributed by atoms with Gasteiger partial charge >= 0.3 is 5.97 Å². The Balaban J connectivity index is 2.82. The number of aliphatic hydroxyl groups is 1. The van der Waals surface area contributed by atoms with Crippen LogP contribution in [0.15, 0.2) is 24.3 Å². The Kier molecular flexibility index (Phi) is 4.75. The smallest absolute Gasteiger partial charge is 0.327 e. The highest BCUT2D eigenvalue weighted by atomic mass is 16.6. The van der Waals surface area contributed by atoms with Crippen LogP contribution in [0.4, 0.5) is 0 Å². The lowest BCUT2D eigenvalue weighted by atomic mass is 10.1. The number of hydrogen-bond donors (Lipinski definition) is 2. The average molecular weight is 225 g/mol. The Morgan fingerprint density at radius 1 is 1.44 bits per heavy atom. The number of carbonyl (C=O) groups excluding carboxylic acids is 1. The zero-order valence-corrected chi connectivity index (χ0v) is 9.27. The second-order valence-electron chi connectivity index (χ2n) is 3.09. The van der Waals surface area contributed by atoms with Gasteiger partial charge in [-0.2, -0.15) is 0 Å². The lowest BCUT2D eigenvalue weighted by molar-refractivity contribution is -0.143. The summed E-state index contributed by atoms with van der Waals surface area (Å²) in [5.74, 6) is 0.198. The summed E-state index contributed by atoms with van der Waals surface area (Å²) >= 11 is 0. The fraction of sp³-hybridized carbons (Fsp3) is 0.364. The highest BCUT2D eigenvalue weighted by molar-refractivity contribution is 5.77. The molecular formula is C11H15NO4.